The standard InChI is InChI=1S/C10H7Cl2F4NO/c1-4-2-6(12)7(3-5(4)11)17-9(18)10(15,16)8(13)14/h2-3,8H,1H3,(H,17,18). The first-order valence-corrected chi connectivity index (χ1v) is 5.35. The molecule has 0 spiro atoms. The highest BCUT2D eigenvalue weighted by Gasteiger charge is 2.49. The number of hydrogen-bond donors (Lipinski definition) is 1. The average molecular weight is 304 g/mol. The van der Waals surface area contributed by atoms with E-state index in [0.29, 0.717) is 5.56 Å². The van der Waals surface area contributed by atoms with Gasteiger partial charge in [-0.1, -0.05) is 23.2 Å². The fourth-order valence-electron chi connectivity index (χ4n) is 1.05. The fraction of sp³-hybridized carbons (Fsp3) is 0.300. The summed E-state index contributed by atoms with van der Waals surface area (Å²) in [4.78, 5) is 11.0. The van der Waals surface area contributed by atoms with E-state index < -0.39 is 18.3 Å². The van der Waals surface area contributed by atoms with Crippen molar-refractivity contribution in [3.63, 3.8) is 0 Å². The van der Waals surface area contributed by atoms with Crippen molar-refractivity contribution in [2.24, 2.45) is 0 Å². The summed E-state index contributed by atoms with van der Waals surface area (Å²) < 4.78 is 49.3. The molecule has 18 heavy (non-hydrogen) atoms. The number of anilines is 1. The lowest BCUT2D eigenvalue weighted by Gasteiger charge is -2.16. The molecule has 0 aromatic heterocycles. The van der Waals surface area contributed by atoms with E-state index in [4.69, 9.17) is 23.2 Å². The van der Waals surface area contributed by atoms with Gasteiger partial charge in [0.25, 0.3) is 0 Å². The summed E-state index contributed by atoms with van der Waals surface area (Å²) in [6, 6.07) is 2.43. The number of alkyl halides is 4. The van der Waals surface area contributed by atoms with E-state index in [0.717, 1.165) is 6.07 Å². The number of rotatable bonds is 3. The lowest BCUT2D eigenvalue weighted by Crippen LogP contribution is -2.41. The molecule has 8 heteroatoms. The largest absolute Gasteiger partial charge is 0.383 e. The Kier molecular flexibility index (Phi) is 4.45. The Morgan fingerprint density at radius 2 is 1.83 bits per heavy atom. The number of benzene rings is 1. The Morgan fingerprint density at radius 3 is 2.33 bits per heavy atom. The van der Waals surface area contributed by atoms with Gasteiger partial charge in [-0.15, -0.1) is 0 Å². The van der Waals surface area contributed by atoms with E-state index in [1.54, 1.807) is 12.2 Å². The van der Waals surface area contributed by atoms with Crippen molar-refractivity contribution in [1.29, 1.82) is 0 Å². The van der Waals surface area contributed by atoms with Gasteiger partial charge in [-0.2, -0.15) is 8.78 Å². The molecule has 0 fully saturated rings. The van der Waals surface area contributed by atoms with Crippen LogP contribution >= 0.6 is 23.2 Å². The second-order valence-electron chi connectivity index (χ2n) is 3.46. The number of aryl methyl sites for hydroxylation is 1. The minimum Gasteiger partial charge on any atom is -0.319 e. The number of carbonyl (C=O) groups is 1. The second-order valence-corrected chi connectivity index (χ2v) is 4.27. The van der Waals surface area contributed by atoms with E-state index in [1.165, 1.54) is 6.07 Å². The van der Waals surface area contributed by atoms with E-state index >= 15 is 0 Å². The lowest BCUT2D eigenvalue weighted by atomic mass is 10.2. The normalized spacial score (nSPS) is 11.8. The topological polar surface area (TPSA) is 29.1 Å². The molecule has 1 rings (SSSR count). The number of amides is 1. The number of nitrogens with one attached hydrogen (secondary N) is 1. The summed E-state index contributed by atoms with van der Waals surface area (Å²) in [5.41, 5.74) is 0.304. The summed E-state index contributed by atoms with van der Waals surface area (Å²) in [5, 5.41) is 1.70. The monoisotopic (exact) mass is 303 g/mol. The van der Waals surface area contributed by atoms with Crippen LogP contribution in [0.1, 0.15) is 5.56 Å². The zero-order valence-electron chi connectivity index (χ0n) is 8.91. The molecule has 0 saturated carbocycles. The molecule has 0 unspecified atom stereocenters. The molecule has 1 aromatic rings. The third-order valence-corrected chi connectivity index (χ3v) is 2.79. The van der Waals surface area contributed by atoms with E-state index in [2.05, 4.69) is 0 Å². The summed E-state index contributed by atoms with van der Waals surface area (Å²) in [6.45, 7) is 1.60. The van der Waals surface area contributed by atoms with Crippen molar-refractivity contribution in [3.8, 4) is 0 Å². The van der Waals surface area contributed by atoms with Gasteiger partial charge in [0.1, 0.15) is 0 Å². The van der Waals surface area contributed by atoms with Gasteiger partial charge in [0.05, 0.1) is 10.7 Å². The van der Waals surface area contributed by atoms with Gasteiger partial charge in [0, 0.05) is 5.02 Å². The maximum atomic E-state index is 12.7. The summed E-state index contributed by atoms with van der Waals surface area (Å²) in [6.07, 6.45) is -4.10. The first kappa shape index (κ1) is 15.0. The Labute approximate surface area is 110 Å². The molecule has 0 atom stereocenters. The van der Waals surface area contributed by atoms with Crippen LogP contribution < -0.4 is 5.32 Å². The highest BCUT2D eigenvalue weighted by molar-refractivity contribution is 6.36. The van der Waals surface area contributed by atoms with Crippen molar-refractivity contribution < 1.29 is 22.4 Å². The summed E-state index contributed by atoms with van der Waals surface area (Å²) in [5.74, 6) is -6.93. The summed E-state index contributed by atoms with van der Waals surface area (Å²) >= 11 is 11.4. The minimum absolute atomic E-state index is 0.0738. The molecule has 1 N–H and O–H groups in total. The zero-order chi connectivity index (χ0) is 14.1. The van der Waals surface area contributed by atoms with Gasteiger partial charge < -0.3 is 5.32 Å². The highest BCUT2D eigenvalue weighted by Crippen LogP contribution is 2.31. The number of hydrogen-bond acceptors (Lipinski definition) is 1. The third kappa shape index (κ3) is 3.05. The molecular formula is C10H7Cl2F4NO. The van der Waals surface area contributed by atoms with Crippen molar-refractivity contribution >= 4 is 34.8 Å². The highest BCUT2D eigenvalue weighted by atomic mass is 35.5. The molecule has 0 saturated heterocycles. The van der Waals surface area contributed by atoms with Crippen molar-refractivity contribution in [3.05, 3.63) is 27.7 Å². The Balaban J connectivity index is 2.99. The smallest absolute Gasteiger partial charge is 0.319 e. The van der Waals surface area contributed by atoms with E-state index in [1.807, 2.05) is 0 Å². The van der Waals surface area contributed by atoms with Gasteiger partial charge in [-0.25, -0.2) is 8.78 Å². The molecule has 0 aliphatic rings. The second kappa shape index (κ2) is 5.32. The Hall–Kier alpha value is -1.01. The van der Waals surface area contributed by atoms with Crippen LogP contribution in [0.3, 0.4) is 0 Å². The first-order chi connectivity index (χ1) is 8.16. The van der Waals surface area contributed by atoms with Crippen molar-refractivity contribution in [1.82, 2.24) is 0 Å². The van der Waals surface area contributed by atoms with Gasteiger partial charge in [-0.3, -0.25) is 4.79 Å². The van der Waals surface area contributed by atoms with Crippen LogP contribution in [-0.4, -0.2) is 18.3 Å². The predicted molar refractivity (Wildman–Crippen MR) is 60.8 cm³/mol. The average Bonchev–Trinajstić information content (AvgIpc) is 2.25. The van der Waals surface area contributed by atoms with Crippen LogP contribution in [0.25, 0.3) is 0 Å². The van der Waals surface area contributed by atoms with Gasteiger partial charge in [0.15, 0.2) is 0 Å². The van der Waals surface area contributed by atoms with Crippen LogP contribution in [0.4, 0.5) is 23.2 Å². The van der Waals surface area contributed by atoms with Crippen molar-refractivity contribution in [2.45, 2.75) is 19.3 Å². The van der Waals surface area contributed by atoms with E-state index in [9.17, 15) is 22.4 Å². The molecular weight excluding hydrogens is 297 g/mol. The third-order valence-electron chi connectivity index (χ3n) is 2.07. The molecule has 0 aliphatic carbocycles. The SMILES string of the molecule is Cc1cc(Cl)c(NC(=O)C(F)(F)C(F)F)cc1Cl. The molecule has 0 aliphatic heterocycles. The van der Waals surface area contributed by atoms with Crippen molar-refractivity contribution in [2.75, 3.05) is 5.32 Å². The quantitative estimate of drug-likeness (QED) is 0.835. The van der Waals surface area contributed by atoms with Crippen LogP contribution in [0, 0.1) is 6.92 Å². The predicted octanol–water partition coefficient (Wildman–Crippen LogP) is 4.14. The zero-order valence-corrected chi connectivity index (χ0v) is 10.4. The van der Waals surface area contributed by atoms with Gasteiger partial charge in [-0.05, 0) is 24.6 Å². The lowest BCUT2D eigenvalue weighted by molar-refractivity contribution is -0.163. The maximum absolute atomic E-state index is 12.7. The first-order valence-electron chi connectivity index (χ1n) is 4.59. The molecule has 1 amide bonds. The molecule has 0 bridgehead atoms. The Bertz CT molecular complexity index is 479. The number of halogens is 6. The van der Waals surface area contributed by atoms with Crippen LogP contribution in [0.15, 0.2) is 12.1 Å². The maximum Gasteiger partial charge on any atom is 0.383 e. The molecule has 100 valence electrons. The van der Waals surface area contributed by atoms with Crippen LogP contribution in [0.5, 0.6) is 0 Å². The van der Waals surface area contributed by atoms with Gasteiger partial charge in [0.2, 0.25) is 0 Å². The number of carbonyl (C=O) groups excluding carboxylic acids is 1. The fourth-order valence-corrected chi connectivity index (χ4v) is 1.48. The molecule has 1 aromatic carbocycles. The van der Waals surface area contributed by atoms with E-state index in [-0.39, 0.29) is 15.7 Å². The molecule has 2 nitrogen and oxygen atoms in total. The molecule has 0 heterocycles. The van der Waals surface area contributed by atoms with Crippen LogP contribution in [0.2, 0.25) is 10.0 Å². The summed E-state index contributed by atoms with van der Waals surface area (Å²) in [7, 11) is 0. The minimum atomic E-state index is -4.79. The van der Waals surface area contributed by atoms with Gasteiger partial charge >= 0.3 is 18.3 Å². The van der Waals surface area contributed by atoms with Crippen LogP contribution in [-0.2, 0) is 4.79 Å². The Morgan fingerprint density at radius 1 is 1.28 bits per heavy atom. The molecule has 0 radical (unpaired) electrons.